The molecule has 3 rings (SSSR count). The van der Waals surface area contributed by atoms with Gasteiger partial charge in [0.1, 0.15) is 0 Å². The van der Waals surface area contributed by atoms with Gasteiger partial charge in [-0.25, -0.2) is 0 Å². The van der Waals surface area contributed by atoms with Gasteiger partial charge in [0.15, 0.2) is 0 Å². The lowest BCUT2D eigenvalue weighted by atomic mass is 9.82. The van der Waals surface area contributed by atoms with E-state index >= 15 is 0 Å². The minimum absolute atomic E-state index is 0.474. The monoisotopic (exact) mass is 280 g/mol. The summed E-state index contributed by atoms with van der Waals surface area (Å²) in [6, 6.07) is 13.9. The molecule has 1 aromatic heterocycles. The molecule has 1 aromatic carbocycles. The molecule has 2 aromatic rings. The number of aryl methyl sites for hydroxylation is 1. The molecule has 0 fully saturated rings. The highest BCUT2D eigenvalue weighted by molar-refractivity contribution is 5.36. The molecule has 0 saturated heterocycles. The van der Waals surface area contributed by atoms with Gasteiger partial charge in [-0.15, -0.1) is 0 Å². The fourth-order valence-corrected chi connectivity index (χ4v) is 3.12. The molecule has 2 heteroatoms. The fourth-order valence-electron chi connectivity index (χ4n) is 3.12. The maximum absolute atomic E-state index is 4.65. The van der Waals surface area contributed by atoms with Gasteiger partial charge in [-0.1, -0.05) is 44.2 Å². The fraction of sp³-hybridized carbons (Fsp3) is 0.421. The van der Waals surface area contributed by atoms with E-state index in [1.54, 1.807) is 0 Å². The van der Waals surface area contributed by atoms with Gasteiger partial charge in [0, 0.05) is 24.7 Å². The Hall–Kier alpha value is -1.67. The quantitative estimate of drug-likeness (QED) is 0.914. The Morgan fingerprint density at radius 2 is 2.00 bits per heavy atom. The zero-order valence-corrected chi connectivity index (χ0v) is 13.0. The van der Waals surface area contributed by atoms with Crippen molar-refractivity contribution in [3.8, 4) is 0 Å². The largest absolute Gasteiger partial charge is 0.310 e. The van der Waals surface area contributed by atoms with Gasteiger partial charge in [-0.2, -0.15) is 0 Å². The molecule has 21 heavy (non-hydrogen) atoms. The molecule has 1 unspecified atom stereocenters. The standard InChI is InChI=1S/C19H24N2/c1-14(2)21-13-15-8-10-16(11-9-15)18-7-3-5-17-6-4-12-20-19(17)18/h4,6,8-12,14,18,21H,3,5,7,13H2,1-2H3. The summed E-state index contributed by atoms with van der Waals surface area (Å²) in [6.07, 6.45) is 5.59. The van der Waals surface area contributed by atoms with E-state index in [0.717, 1.165) is 6.54 Å². The molecule has 0 spiro atoms. The van der Waals surface area contributed by atoms with Crippen LogP contribution < -0.4 is 5.32 Å². The van der Waals surface area contributed by atoms with Gasteiger partial charge in [0.05, 0.1) is 5.69 Å². The van der Waals surface area contributed by atoms with E-state index in [-0.39, 0.29) is 0 Å². The normalized spacial score (nSPS) is 17.8. The highest BCUT2D eigenvalue weighted by Gasteiger charge is 2.22. The summed E-state index contributed by atoms with van der Waals surface area (Å²) in [6.45, 7) is 5.30. The van der Waals surface area contributed by atoms with Crippen LogP contribution in [0.2, 0.25) is 0 Å². The van der Waals surface area contributed by atoms with Crippen LogP contribution in [0.5, 0.6) is 0 Å². The lowest BCUT2D eigenvalue weighted by molar-refractivity contribution is 0.586. The van der Waals surface area contributed by atoms with Crippen molar-refractivity contribution in [2.45, 2.75) is 51.6 Å². The van der Waals surface area contributed by atoms with Gasteiger partial charge < -0.3 is 5.32 Å². The van der Waals surface area contributed by atoms with E-state index in [9.17, 15) is 0 Å². The van der Waals surface area contributed by atoms with E-state index in [2.05, 4.69) is 60.5 Å². The Bertz CT molecular complexity index is 587. The number of fused-ring (bicyclic) bond motifs is 1. The van der Waals surface area contributed by atoms with Crippen molar-refractivity contribution in [1.29, 1.82) is 0 Å². The Kier molecular flexibility index (Phi) is 4.35. The van der Waals surface area contributed by atoms with E-state index in [0.29, 0.717) is 12.0 Å². The molecule has 0 saturated carbocycles. The zero-order valence-electron chi connectivity index (χ0n) is 13.0. The lowest BCUT2D eigenvalue weighted by Crippen LogP contribution is -2.21. The summed E-state index contributed by atoms with van der Waals surface area (Å²) in [5.74, 6) is 0.474. The van der Waals surface area contributed by atoms with Gasteiger partial charge in [-0.05, 0) is 42.0 Å². The van der Waals surface area contributed by atoms with Crippen LogP contribution in [0.1, 0.15) is 55.0 Å². The number of aromatic nitrogens is 1. The van der Waals surface area contributed by atoms with Crippen LogP contribution in [0, 0.1) is 0 Å². The van der Waals surface area contributed by atoms with Gasteiger partial charge >= 0.3 is 0 Å². The van der Waals surface area contributed by atoms with Crippen molar-refractivity contribution in [1.82, 2.24) is 10.3 Å². The molecule has 0 aliphatic heterocycles. The zero-order chi connectivity index (χ0) is 14.7. The van der Waals surface area contributed by atoms with E-state index in [1.165, 1.54) is 41.6 Å². The smallest absolute Gasteiger partial charge is 0.0510 e. The van der Waals surface area contributed by atoms with Crippen molar-refractivity contribution in [3.63, 3.8) is 0 Å². The Labute approximate surface area is 127 Å². The molecule has 0 radical (unpaired) electrons. The van der Waals surface area contributed by atoms with E-state index in [1.807, 2.05) is 6.20 Å². The van der Waals surface area contributed by atoms with Crippen LogP contribution in [0.4, 0.5) is 0 Å². The van der Waals surface area contributed by atoms with Crippen LogP contribution in [-0.2, 0) is 13.0 Å². The topological polar surface area (TPSA) is 24.9 Å². The molecule has 0 amide bonds. The minimum atomic E-state index is 0.474. The number of hydrogen-bond donors (Lipinski definition) is 1. The lowest BCUT2D eigenvalue weighted by Gasteiger charge is -2.24. The van der Waals surface area contributed by atoms with Gasteiger partial charge in [0.25, 0.3) is 0 Å². The van der Waals surface area contributed by atoms with Crippen LogP contribution in [0.15, 0.2) is 42.6 Å². The first-order valence-corrected chi connectivity index (χ1v) is 8.00. The third-order valence-electron chi connectivity index (χ3n) is 4.29. The first kappa shape index (κ1) is 14.3. The molecule has 1 atom stereocenters. The predicted molar refractivity (Wildman–Crippen MR) is 87.4 cm³/mol. The van der Waals surface area contributed by atoms with Crippen molar-refractivity contribution < 1.29 is 0 Å². The Morgan fingerprint density at radius 1 is 1.19 bits per heavy atom. The molecule has 1 heterocycles. The predicted octanol–water partition coefficient (Wildman–Crippen LogP) is 4.05. The number of rotatable bonds is 4. The molecule has 2 nitrogen and oxygen atoms in total. The molecular weight excluding hydrogens is 256 g/mol. The average molecular weight is 280 g/mol. The number of pyridine rings is 1. The third-order valence-corrected chi connectivity index (χ3v) is 4.29. The number of nitrogens with one attached hydrogen (secondary N) is 1. The van der Waals surface area contributed by atoms with Crippen LogP contribution in [0.25, 0.3) is 0 Å². The summed E-state index contributed by atoms with van der Waals surface area (Å²) in [5, 5.41) is 3.46. The first-order valence-electron chi connectivity index (χ1n) is 8.00. The minimum Gasteiger partial charge on any atom is -0.310 e. The SMILES string of the molecule is CC(C)NCc1ccc(C2CCCc3cccnc32)cc1. The van der Waals surface area contributed by atoms with Crippen LogP contribution in [-0.4, -0.2) is 11.0 Å². The van der Waals surface area contributed by atoms with Crippen LogP contribution in [0.3, 0.4) is 0 Å². The third kappa shape index (κ3) is 3.33. The second-order valence-corrected chi connectivity index (χ2v) is 6.27. The highest BCUT2D eigenvalue weighted by atomic mass is 14.9. The maximum Gasteiger partial charge on any atom is 0.0510 e. The summed E-state index contributed by atoms with van der Waals surface area (Å²) in [7, 11) is 0. The van der Waals surface area contributed by atoms with Crippen molar-refractivity contribution in [3.05, 3.63) is 65.0 Å². The Morgan fingerprint density at radius 3 is 2.76 bits per heavy atom. The summed E-state index contributed by atoms with van der Waals surface area (Å²) in [4.78, 5) is 4.65. The van der Waals surface area contributed by atoms with E-state index < -0.39 is 0 Å². The first-order chi connectivity index (χ1) is 10.2. The summed E-state index contributed by atoms with van der Waals surface area (Å²) >= 11 is 0. The molecule has 1 aliphatic rings. The molecular formula is C19H24N2. The number of benzene rings is 1. The van der Waals surface area contributed by atoms with Crippen molar-refractivity contribution in [2.75, 3.05) is 0 Å². The van der Waals surface area contributed by atoms with Crippen molar-refractivity contribution >= 4 is 0 Å². The second-order valence-electron chi connectivity index (χ2n) is 6.27. The van der Waals surface area contributed by atoms with Gasteiger partial charge in [0.2, 0.25) is 0 Å². The number of nitrogens with zero attached hydrogens (tertiary/aromatic N) is 1. The molecule has 1 aliphatic carbocycles. The molecule has 110 valence electrons. The average Bonchev–Trinajstić information content (AvgIpc) is 2.53. The second kappa shape index (κ2) is 6.40. The Balaban J connectivity index is 1.79. The molecule has 1 N–H and O–H groups in total. The van der Waals surface area contributed by atoms with Crippen LogP contribution >= 0.6 is 0 Å². The molecule has 0 bridgehead atoms. The van der Waals surface area contributed by atoms with Crippen molar-refractivity contribution in [2.24, 2.45) is 0 Å². The van der Waals surface area contributed by atoms with E-state index in [4.69, 9.17) is 0 Å². The summed E-state index contributed by atoms with van der Waals surface area (Å²) < 4.78 is 0. The number of hydrogen-bond acceptors (Lipinski definition) is 2. The summed E-state index contributed by atoms with van der Waals surface area (Å²) in [5.41, 5.74) is 5.48. The highest BCUT2D eigenvalue weighted by Crippen LogP contribution is 2.35. The van der Waals surface area contributed by atoms with Gasteiger partial charge in [-0.3, -0.25) is 4.98 Å². The maximum atomic E-state index is 4.65.